The minimum atomic E-state index is -0.202. The first-order valence-corrected chi connectivity index (χ1v) is 8.62. The quantitative estimate of drug-likeness (QED) is 0.737. The maximum atomic E-state index is 14.4. The van der Waals surface area contributed by atoms with Gasteiger partial charge in [0.2, 0.25) is 0 Å². The van der Waals surface area contributed by atoms with Crippen LogP contribution in [0.4, 0.5) is 4.39 Å². The number of benzene rings is 1. The van der Waals surface area contributed by atoms with Gasteiger partial charge in [-0.1, -0.05) is 15.9 Å². The predicted molar refractivity (Wildman–Crippen MR) is 82.5 cm³/mol. The number of alkyl halides is 1. The summed E-state index contributed by atoms with van der Waals surface area (Å²) in [6.07, 6.45) is 4.19. The Bertz CT molecular complexity index is 560. The molecule has 2 bridgehead atoms. The van der Waals surface area contributed by atoms with Crippen molar-refractivity contribution in [3.8, 4) is 11.5 Å². The first-order valence-electron chi connectivity index (χ1n) is 7.71. The van der Waals surface area contributed by atoms with Crippen molar-refractivity contribution in [3.05, 3.63) is 23.5 Å². The molecule has 5 atom stereocenters. The lowest BCUT2D eigenvalue weighted by Crippen LogP contribution is -2.06. The number of hydrogen-bond acceptors (Lipinski definition) is 2. The molecule has 1 aromatic rings. The van der Waals surface area contributed by atoms with Crippen LogP contribution in [0, 0.1) is 35.4 Å². The van der Waals surface area contributed by atoms with Gasteiger partial charge in [0.25, 0.3) is 0 Å². The summed E-state index contributed by atoms with van der Waals surface area (Å²) < 4.78 is 24.9. The summed E-state index contributed by atoms with van der Waals surface area (Å²) in [5.74, 6) is 4.89. The first kappa shape index (κ1) is 13.9. The molecule has 2 nitrogen and oxygen atoms in total. The van der Waals surface area contributed by atoms with Crippen LogP contribution >= 0.6 is 15.9 Å². The topological polar surface area (TPSA) is 18.5 Å². The highest BCUT2D eigenvalue weighted by Crippen LogP contribution is 2.73. The molecule has 4 rings (SSSR count). The van der Waals surface area contributed by atoms with Crippen LogP contribution in [0.25, 0.3) is 0 Å². The lowest BCUT2D eigenvalue weighted by molar-refractivity contribution is 0.351. The van der Waals surface area contributed by atoms with E-state index in [2.05, 4.69) is 15.9 Å². The zero-order valence-electron chi connectivity index (χ0n) is 12.3. The molecule has 0 N–H and O–H groups in total. The molecule has 3 saturated carbocycles. The molecular weight excluding hydrogens is 335 g/mol. The van der Waals surface area contributed by atoms with E-state index < -0.39 is 0 Å². The van der Waals surface area contributed by atoms with Crippen molar-refractivity contribution >= 4 is 15.9 Å². The highest BCUT2D eigenvalue weighted by Gasteiger charge is 2.66. The maximum Gasteiger partial charge on any atom is 0.163 e. The molecule has 3 aliphatic carbocycles. The van der Waals surface area contributed by atoms with Crippen LogP contribution in [-0.4, -0.2) is 14.2 Å². The third-order valence-electron chi connectivity index (χ3n) is 5.93. The van der Waals surface area contributed by atoms with E-state index in [-0.39, 0.29) is 10.6 Å². The second-order valence-electron chi connectivity index (χ2n) is 6.70. The summed E-state index contributed by atoms with van der Waals surface area (Å²) in [4.78, 5) is 0.0932. The standard InChI is InChI=1S/C17H20BrFO2/c1-20-12-6-10(11(19)7-13(12)21-2)17(18)16-14-8-3-4-9(5-8)15(14)16/h6-9,14-17H,3-5H2,1-2H3. The van der Waals surface area contributed by atoms with Crippen molar-refractivity contribution in [2.75, 3.05) is 14.2 Å². The van der Waals surface area contributed by atoms with Crippen molar-refractivity contribution in [2.45, 2.75) is 24.1 Å². The highest BCUT2D eigenvalue weighted by molar-refractivity contribution is 9.09. The van der Waals surface area contributed by atoms with Gasteiger partial charge in [0.1, 0.15) is 5.82 Å². The highest BCUT2D eigenvalue weighted by atomic mass is 79.9. The summed E-state index contributed by atoms with van der Waals surface area (Å²) in [6.45, 7) is 0. The van der Waals surface area contributed by atoms with Gasteiger partial charge in [0, 0.05) is 16.5 Å². The Morgan fingerprint density at radius 3 is 2.24 bits per heavy atom. The molecule has 0 radical (unpaired) electrons. The van der Waals surface area contributed by atoms with Crippen molar-refractivity contribution in [3.63, 3.8) is 0 Å². The largest absolute Gasteiger partial charge is 0.493 e. The molecule has 0 aromatic heterocycles. The average Bonchev–Trinajstić information content (AvgIpc) is 2.93. The average molecular weight is 355 g/mol. The molecule has 3 fully saturated rings. The van der Waals surface area contributed by atoms with Crippen molar-refractivity contribution in [1.82, 2.24) is 0 Å². The summed E-state index contributed by atoms with van der Waals surface area (Å²) >= 11 is 3.78. The van der Waals surface area contributed by atoms with E-state index in [4.69, 9.17) is 9.47 Å². The Balaban J connectivity index is 1.62. The third kappa shape index (κ3) is 1.94. The van der Waals surface area contributed by atoms with Crippen LogP contribution in [0.2, 0.25) is 0 Å². The van der Waals surface area contributed by atoms with E-state index in [1.807, 2.05) is 0 Å². The number of rotatable bonds is 4. The predicted octanol–water partition coefficient (Wildman–Crippen LogP) is 4.57. The first-order chi connectivity index (χ1) is 10.2. The number of fused-ring (bicyclic) bond motifs is 5. The third-order valence-corrected chi connectivity index (χ3v) is 7.04. The molecular formula is C17H20BrFO2. The van der Waals surface area contributed by atoms with Gasteiger partial charge in [0.05, 0.1) is 14.2 Å². The van der Waals surface area contributed by atoms with Gasteiger partial charge in [0.15, 0.2) is 11.5 Å². The Hall–Kier alpha value is -0.770. The van der Waals surface area contributed by atoms with Gasteiger partial charge in [-0.15, -0.1) is 0 Å². The van der Waals surface area contributed by atoms with Crippen molar-refractivity contribution < 1.29 is 13.9 Å². The number of hydrogen-bond donors (Lipinski definition) is 0. The smallest absolute Gasteiger partial charge is 0.163 e. The molecule has 5 unspecified atom stereocenters. The Kier molecular flexibility index (Phi) is 3.21. The molecule has 3 aliphatic rings. The van der Waals surface area contributed by atoms with E-state index in [1.165, 1.54) is 32.4 Å². The normalized spacial score (nSPS) is 37.2. The van der Waals surface area contributed by atoms with Crippen LogP contribution in [0.1, 0.15) is 29.7 Å². The summed E-state index contributed by atoms with van der Waals surface area (Å²) in [5, 5.41) is 0. The van der Waals surface area contributed by atoms with Gasteiger partial charge in [-0.05, 0) is 54.9 Å². The molecule has 21 heavy (non-hydrogen) atoms. The second-order valence-corrected chi connectivity index (χ2v) is 7.68. The summed E-state index contributed by atoms with van der Waals surface area (Å²) in [6, 6.07) is 3.23. The molecule has 0 heterocycles. The second kappa shape index (κ2) is 4.87. The Morgan fingerprint density at radius 1 is 1.10 bits per heavy atom. The van der Waals surface area contributed by atoms with Gasteiger partial charge < -0.3 is 9.47 Å². The Morgan fingerprint density at radius 2 is 1.67 bits per heavy atom. The fourth-order valence-corrected chi connectivity index (χ4v) is 6.13. The fraction of sp³-hybridized carbons (Fsp3) is 0.647. The van der Waals surface area contributed by atoms with E-state index in [9.17, 15) is 4.39 Å². The molecule has 114 valence electrons. The lowest BCUT2D eigenvalue weighted by Gasteiger charge is -2.18. The molecule has 0 spiro atoms. The monoisotopic (exact) mass is 354 g/mol. The van der Waals surface area contributed by atoms with Crippen molar-refractivity contribution in [2.24, 2.45) is 29.6 Å². The van der Waals surface area contributed by atoms with Crippen LogP contribution < -0.4 is 9.47 Å². The zero-order chi connectivity index (χ0) is 14.7. The van der Waals surface area contributed by atoms with Gasteiger partial charge in [-0.2, -0.15) is 0 Å². The maximum absolute atomic E-state index is 14.4. The van der Waals surface area contributed by atoms with E-state index in [0.29, 0.717) is 23.0 Å². The summed E-state index contributed by atoms with van der Waals surface area (Å²) in [7, 11) is 3.13. The SMILES string of the molecule is COc1cc(F)c(C(Br)C2C3C4CCC(C4)C32)cc1OC. The number of ether oxygens (including phenoxy) is 2. The fourth-order valence-electron chi connectivity index (χ4n) is 5.07. The van der Waals surface area contributed by atoms with Crippen LogP contribution in [0.15, 0.2) is 12.1 Å². The lowest BCUT2D eigenvalue weighted by atomic mass is 9.96. The Labute approximate surface area is 133 Å². The van der Waals surface area contributed by atoms with E-state index in [1.54, 1.807) is 13.2 Å². The summed E-state index contributed by atoms with van der Waals surface area (Å²) in [5.41, 5.74) is 0.714. The molecule has 1 aromatic carbocycles. The number of halogens is 2. The minimum absolute atomic E-state index is 0.0932. The van der Waals surface area contributed by atoms with Crippen molar-refractivity contribution in [1.29, 1.82) is 0 Å². The van der Waals surface area contributed by atoms with Crippen LogP contribution in [-0.2, 0) is 0 Å². The van der Waals surface area contributed by atoms with Gasteiger partial charge in [-0.25, -0.2) is 4.39 Å². The number of methoxy groups -OCH3 is 2. The van der Waals surface area contributed by atoms with Crippen LogP contribution in [0.3, 0.4) is 0 Å². The van der Waals surface area contributed by atoms with Gasteiger partial charge >= 0.3 is 0 Å². The van der Waals surface area contributed by atoms with E-state index in [0.717, 1.165) is 23.7 Å². The van der Waals surface area contributed by atoms with Gasteiger partial charge in [-0.3, -0.25) is 0 Å². The molecule has 0 amide bonds. The molecule has 4 heteroatoms. The zero-order valence-corrected chi connectivity index (χ0v) is 13.9. The molecule has 0 aliphatic heterocycles. The molecule has 0 saturated heterocycles. The minimum Gasteiger partial charge on any atom is -0.493 e. The van der Waals surface area contributed by atoms with E-state index >= 15 is 0 Å². The van der Waals surface area contributed by atoms with Crippen LogP contribution in [0.5, 0.6) is 11.5 Å².